The van der Waals surface area contributed by atoms with Gasteiger partial charge in [0.25, 0.3) is 0 Å². The van der Waals surface area contributed by atoms with Crippen LogP contribution in [0.5, 0.6) is 0 Å². The third-order valence-electron chi connectivity index (χ3n) is 10.6. The summed E-state index contributed by atoms with van der Waals surface area (Å²) in [5.41, 5.74) is 0. The van der Waals surface area contributed by atoms with Gasteiger partial charge in [-0.1, -0.05) is 222 Å². The van der Waals surface area contributed by atoms with Crippen molar-refractivity contribution in [3.8, 4) is 0 Å². The molecule has 0 amide bonds. The molecule has 0 aliphatic carbocycles. The Morgan fingerprint density at radius 2 is 0.534 bits per heavy atom. The summed E-state index contributed by atoms with van der Waals surface area (Å²) in [6.07, 6.45) is 90.2. The topological polar surface area (TPSA) is 78.9 Å². The van der Waals surface area contributed by atoms with Gasteiger partial charge in [0.2, 0.25) is 0 Å². The first-order chi connectivity index (χ1) is 36.0. The van der Waals surface area contributed by atoms with Gasteiger partial charge in [0.1, 0.15) is 13.2 Å². The molecule has 0 saturated heterocycles. The molecule has 0 bridgehead atoms. The van der Waals surface area contributed by atoms with E-state index in [0.717, 1.165) is 128 Å². The monoisotopic (exact) mass is 999 g/mol. The van der Waals surface area contributed by atoms with Crippen LogP contribution >= 0.6 is 0 Å². The average molecular weight is 1000 g/mol. The van der Waals surface area contributed by atoms with E-state index in [4.69, 9.17) is 14.2 Å². The molecule has 1 unspecified atom stereocenters. The van der Waals surface area contributed by atoms with Crippen LogP contribution in [-0.2, 0) is 28.6 Å². The highest BCUT2D eigenvalue weighted by atomic mass is 16.6. The summed E-state index contributed by atoms with van der Waals surface area (Å²) in [4.78, 5) is 38.0. The van der Waals surface area contributed by atoms with E-state index in [9.17, 15) is 14.4 Å². The van der Waals surface area contributed by atoms with E-state index < -0.39 is 12.1 Å². The second kappa shape index (κ2) is 58.8. The van der Waals surface area contributed by atoms with Crippen LogP contribution in [0, 0.1) is 0 Å². The molecule has 0 radical (unpaired) electrons. The smallest absolute Gasteiger partial charge is 0.310 e. The van der Waals surface area contributed by atoms with Crippen LogP contribution < -0.4 is 0 Å². The van der Waals surface area contributed by atoms with Crippen LogP contribution in [0.25, 0.3) is 0 Å². The number of esters is 3. The van der Waals surface area contributed by atoms with E-state index >= 15 is 0 Å². The van der Waals surface area contributed by atoms with Gasteiger partial charge in [-0.15, -0.1) is 0 Å². The Bertz CT molecular complexity index is 1810. The second-order valence-corrected chi connectivity index (χ2v) is 17.4. The van der Waals surface area contributed by atoms with Crippen molar-refractivity contribution in [1.82, 2.24) is 0 Å². The molecule has 0 aromatic rings. The van der Waals surface area contributed by atoms with Crippen LogP contribution in [0.3, 0.4) is 0 Å². The first-order valence-corrected chi connectivity index (χ1v) is 27.9. The fourth-order valence-corrected chi connectivity index (χ4v) is 6.54. The van der Waals surface area contributed by atoms with Crippen molar-refractivity contribution in [2.45, 2.75) is 194 Å². The molecule has 402 valence electrons. The zero-order chi connectivity index (χ0) is 52.9. The zero-order valence-electron chi connectivity index (χ0n) is 45.8. The molecule has 0 aromatic carbocycles. The van der Waals surface area contributed by atoms with Gasteiger partial charge >= 0.3 is 17.9 Å². The summed E-state index contributed by atoms with van der Waals surface area (Å²) in [7, 11) is 0. The quantitative estimate of drug-likeness (QED) is 0.0262. The normalized spacial score (nSPS) is 13.6. The largest absolute Gasteiger partial charge is 0.462 e. The van der Waals surface area contributed by atoms with Crippen molar-refractivity contribution < 1.29 is 28.6 Å². The van der Waals surface area contributed by atoms with Crippen molar-refractivity contribution in [3.63, 3.8) is 0 Å². The summed E-state index contributed by atoms with van der Waals surface area (Å²) < 4.78 is 16.7. The Hall–Kier alpha value is -5.75. The second-order valence-electron chi connectivity index (χ2n) is 17.4. The van der Waals surface area contributed by atoms with E-state index in [2.05, 4.69) is 203 Å². The van der Waals surface area contributed by atoms with Gasteiger partial charge in [-0.05, 0) is 141 Å². The van der Waals surface area contributed by atoms with Crippen molar-refractivity contribution >= 4 is 17.9 Å². The summed E-state index contributed by atoms with van der Waals surface area (Å²) in [5, 5.41) is 0. The standard InChI is InChI=1S/C67H98O6/c1-4-7-10-13-16-19-22-25-28-29-30-31-32-33-34-35-36-37-40-42-45-48-51-54-57-60-66(69)72-63-64(73-67(70)61-58-55-52-49-46-43-39-27-24-21-18-15-12-9-6-3)62-71-65(68)59-56-53-50-47-44-41-38-26-23-20-17-14-11-8-5-2/h7-12,16-21,25-28,30-31,33-34,36-39,42,44-47,49,55,58,64H,4-6,13-15,22-24,29,32,35,40-41,43,48,50-54,56-57,59-63H2,1-3H3/b10-7-,11-8-,12-9-,19-16-,20-17-,21-18-,28-25-,31-30-,34-33-,37-36-,38-26-,39-27-,45-42-,47-44-,49-46-,58-55-. The van der Waals surface area contributed by atoms with Crippen LogP contribution in [0.4, 0.5) is 0 Å². The maximum Gasteiger partial charge on any atom is 0.310 e. The summed E-state index contributed by atoms with van der Waals surface area (Å²) >= 11 is 0. The van der Waals surface area contributed by atoms with Crippen molar-refractivity contribution in [2.75, 3.05) is 13.2 Å². The van der Waals surface area contributed by atoms with E-state index in [0.29, 0.717) is 19.3 Å². The highest BCUT2D eigenvalue weighted by Crippen LogP contribution is 2.09. The molecule has 0 fully saturated rings. The minimum absolute atomic E-state index is 0.0685. The maximum absolute atomic E-state index is 12.8. The van der Waals surface area contributed by atoms with Crippen LogP contribution in [0.1, 0.15) is 188 Å². The van der Waals surface area contributed by atoms with Crippen molar-refractivity contribution in [2.24, 2.45) is 0 Å². The lowest BCUT2D eigenvalue weighted by Gasteiger charge is -2.18. The lowest BCUT2D eigenvalue weighted by atomic mass is 10.1. The molecule has 0 spiro atoms. The molecule has 0 heterocycles. The number of allylic oxidation sites excluding steroid dienone is 31. The summed E-state index contributed by atoms with van der Waals surface area (Å²) in [5.74, 6) is -1.18. The van der Waals surface area contributed by atoms with Gasteiger partial charge in [-0.2, -0.15) is 0 Å². The van der Waals surface area contributed by atoms with E-state index in [-0.39, 0.29) is 44.4 Å². The van der Waals surface area contributed by atoms with E-state index in [1.54, 1.807) is 6.08 Å². The van der Waals surface area contributed by atoms with Crippen LogP contribution in [0.2, 0.25) is 0 Å². The molecule has 0 N–H and O–H groups in total. The molecule has 6 nitrogen and oxygen atoms in total. The fraction of sp³-hybridized carbons (Fsp3) is 0.478. The molecule has 1 atom stereocenters. The van der Waals surface area contributed by atoms with E-state index in [1.165, 1.54) is 0 Å². The van der Waals surface area contributed by atoms with Crippen molar-refractivity contribution in [1.29, 1.82) is 0 Å². The first-order valence-electron chi connectivity index (χ1n) is 27.9. The molecule has 6 heteroatoms. The molecule has 0 aliphatic rings. The van der Waals surface area contributed by atoms with Gasteiger partial charge < -0.3 is 14.2 Å². The molecule has 0 aliphatic heterocycles. The Balaban J connectivity index is 4.61. The zero-order valence-corrected chi connectivity index (χ0v) is 45.8. The van der Waals surface area contributed by atoms with E-state index in [1.807, 2.05) is 6.08 Å². The minimum atomic E-state index is -0.876. The van der Waals surface area contributed by atoms with Gasteiger partial charge in [-0.25, -0.2) is 0 Å². The number of hydrogen-bond donors (Lipinski definition) is 0. The molecular formula is C67H98O6. The number of carbonyl (C=O) groups excluding carboxylic acids is 3. The average Bonchev–Trinajstić information content (AvgIpc) is 3.39. The Morgan fingerprint density at radius 1 is 0.288 bits per heavy atom. The van der Waals surface area contributed by atoms with Crippen LogP contribution in [-0.4, -0.2) is 37.2 Å². The minimum Gasteiger partial charge on any atom is -0.462 e. The highest BCUT2D eigenvalue weighted by molar-refractivity contribution is 5.72. The van der Waals surface area contributed by atoms with Gasteiger partial charge in [0.05, 0.1) is 6.42 Å². The molecular weight excluding hydrogens is 901 g/mol. The van der Waals surface area contributed by atoms with Gasteiger partial charge in [0.15, 0.2) is 6.10 Å². The predicted molar refractivity (Wildman–Crippen MR) is 315 cm³/mol. The molecule has 73 heavy (non-hydrogen) atoms. The third kappa shape index (κ3) is 57.0. The van der Waals surface area contributed by atoms with Crippen molar-refractivity contribution in [3.05, 3.63) is 194 Å². The first kappa shape index (κ1) is 67.2. The number of hydrogen-bond acceptors (Lipinski definition) is 6. The molecule has 0 aromatic heterocycles. The van der Waals surface area contributed by atoms with Crippen LogP contribution in [0.15, 0.2) is 194 Å². The number of ether oxygens (including phenoxy) is 3. The molecule has 0 rings (SSSR count). The number of unbranched alkanes of at least 4 members (excludes halogenated alkanes) is 5. The number of rotatable bonds is 47. The summed E-state index contributed by atoms with van der Waals surface area (Å²) in [6, 6.07) is 0. The SMILES string of the molecule is CC/C=C\C/C=C\C/C=C\C/C=C\C/C=C\C/C=C\C/C=C\CCCCCC(=O)OCC(COC(=O)CCCC/C=C\C/C=C\C/C=C\C/C=C\CC)OC(=O)C/C=C\C/C=C\C/C=C\C/C=C\C/C=C\CC. The highest BCUT2D eigenvalue weighted by Gasteiger charge is 2.19. The molecule has 0 saturated carbocycles. The maximum atomic E-state index is 12.8. The lowest BCUT2D eigenvalue weighted by molar-refractivity contribution is -0.166. The summed E-state index contributed by atoms with van der Waals surface area (Å²) in [6.45, 7) is 6.11. The number of carbonyl (C=O) groups is 3. The van der Waals surface area contributed by atoms with Gasteiger partial charge in [0, 0.05) is 12.8 Å². The van der Waals surface area contributed by atoms with Gasteiger partial charge in [-0.3, -0.25) is 14.4 Å². The fourth-order valence-electron chi connectivity index (χ4n) is 6.54. The Labute approximate surface area is 446 Å². The Kier molecular flexibility index (Phi) is 54.2. The third-order valence-corrected chi connectivity index (χ3v) is 10.6. The Morgan fingerprint density at radius 3 is 0.836 bits per heavy atom. The predicted octanol–water partition coefficient (Wildman–Crippen LogP) is 19.1. The lowest BCUT2D eigenvalue weighted by Crippen LogP contribution is -2.30.